The highest BCUT2D eigenvalue weighted by atomic mass is 15.1. The van der Waals surface area contributed by atoms with Crippen LogP contribution in [-0.2, 0) is 0 Å². The first-order chi connectivity index (χ1) is 60.4. The van der Waals surface area contributed by atoms with Crippen molar-refractivity contribution in [2.75, 3.05) is 0 Å². The maximum Gasteiger partial charge on any atom is 0.164 e. The first-order valence-corrected chi connectivity index (χ1v) is 41.4. The van der Waals surface area contributed by atoms with Crippen LogP contribution in [-0.4, -0.2) is 39.0 Å². The molecule has 0 aliphatic carbocycles. The van der Waals surface area contributed by atoms with E-state index in [1.54, 1.807) is 0 Å². The summed E-state index contributed by atoms with van der Waals surface area (Å²) in [4.78, 5) is 30.0. The summed E-state index contributed by atoms with van der Waals surface area (Å²) in [5, 5.41) is 19.7. The van der Waals surface area contributed by atoms with E-state index in [1.807, 2.05) is 121 Å². The molecule has 24 aromatic rings. The Morgan fingerprint density at radius 3 is 0.828 bits per heavy atom. The summed E-state index contributed by atoms with van der Waals surface area (Å²) in [7, 11) is 0. The largest absolute Gasteiger partial charge is 0.309 e. The van der Waals surface area contributed by atoms with Gasteiger partial charge >= 0.3 is 0 Å². The number of para-hydroxylation sites is 2. The molecule has 0 bridgehead atoms. The zero-order chi connectivity index (χ0) is 80.6. The second-order valence-corrected chi connectivity index (χ2v) is 31.3. The Morgan fingerprint density at radius 2 is 0.410 bits per heavy atom. The fourth-order valence-electron chi connectivity index (χ4n) is 18.0. The second kappa shape index (κ2) is 29.9. The second-order valence-electron chi connectivity index (χ2n) is 31.3. The summed E-state index contributed by atoms with van der Waals surface area (Å²) >= 11 is 0. The van der Waals surface area contributed by atoms with Crippen LogP contribution in [0.5, 0.6) is 0 Å². The SMILES string of the molecule is c1ccc(-c2nc(-c3ccccc3)nc(-c3cccc(-n4c5ccccc5c5c6cc(-c7ccc8cc(-c9ccc%10ccccc%10c9)ccc8c7)ccc6ccc54)c3)n2)cc1.c1ccc(-c2nc(-c3ccccc3)nc(-c3cccc(-n4c5ccccc5c5c6cc(-c7ccc8cc(-c9cccc%10ccccc9%10)ccc8c7)ccc6ccc54)c3)n2)cc1. The van der Waals surface area contributed by atoms with E-state index in [9.17, 15) is 0 Å². The lowest BCUT2D eigenvalue weighted by Crippen LogP contribution is -2.01. The molecule has 20 aromatic carbocycles. The Balaban J connectivity index is 0.000000142. The first kappa shape index (κ1) is 70.9. The van der Waals surface area contributed by atoms with Crippen LogP contribution in [0.3, 0.4) is 0 Å². The average Bonchev–Trinajstić information content (AvgIpc) is 1.57. The quantitative estimate of drug-likeness (QED) is 0.121. The van der Waals surface area contributed by atoms with E-state index in [1.165, 1.54) is 131 Å². The molecule has 8 heteroatoms. The molecule has 0 N–H and O–H groups in total. The van der Waals surface area contributed by atoms with E-state index in [0.717, 1.165) is 66.8 Å². The van der Waals surface area contributed by atoms with Crippen LogP contribution in [0.1, 0.15) is 0 Å². The van der Waals surface area contributed by atoms with E-state index in [-0.39, 0.29) is 0 Å². The zero-order valence-electron chi connectivity index (χ0n) is 66.1. The Hall–Kier alpha value is -16.4. The molecule has 0 aliphatic heterocycles. The summed E-state index contributed by atoms with van der Waals surface area (Å²) in [6.07, 6.45) is 0. The highest BCUT2D eigenvalue weighted by Crippen LogP contribution is 2.44. The van der Waals surface area contributed by atoms with Gasteiger partial charge < -0.3 is 9.13 Å². The van der Waals surface area contributed by atoms with E-state index in [2.05, 4.69) is 325 Å². The summed E-state index contributed by atoms with van der Waals surface area (Å²) in [5.41, 5.74) is 22.0. The Bertz CT molecular complexity index is 8130. The Labute approximate surface area is 703 Å². The molecule has 0 spiro atoms. The van der Waals surface area contributed by atoms with Gasteiger partial charge in [0.05, 0.1) is 22.1 Å². The smallest absolute Gasteiger partial charge is 0.164 e. The molecule has 0 fully saturated rings. The van der Waals surface area contributed by atoms with Crippen molar-refractivity contribution in [2.45, 2.75) is 0 Å². The lowest BCUT2D eigenvalue weighted by molar-refractivity contribution is 1.07. The molecule has 0 atom stereocenters. The lowest BCUT2D eigenvalue weighted by Gasteiger charge is -2.12. The van der Waals surface area contributed by atoms with Crippen molar-refractivity contribution >= 4 is 108 Å². The molecule has 122 heavy (non-hydrogen) atoms. The van der Waals surface area contributed by atoms with E-state index in [0.29, 0.717) is 34.9 Å². The van der Waals surface area contributed by atoms with Crippen molar-refractivity contribution in [1.29, 1.82) is 0 Å². The molecule has 0 amide bonds. The number of fused-ring (bicyclic) bond motifs is 14. The Kier molecular flexibility index (Phi) is 17.4. The summed E-state index contributed by atoms with van der Waals surface area (Å²) < 4.78 is 4.75. The van der Waals surface area contributed by atoms with Gasteiger partial charge in [0.2, 0.25) is 0 Å². The van der Waals surface area contributed by atoms with Crippen LogP contribution < -0.4 is 0 Å². The van der Waals surface area contributed by atoms with Crippen LogP contribution in [0.15, 0.2) is 437 Å². The minimum Gasteiger partial charge on any atom is -0.309 e. The van der Waals surface area contributed by atoms with Gasteiger partial charge in [-0.2, -0.15) is 0 Å². The minimum absolute atomic E-state index is 0.630. The van der Waals surface area contributed by atoms with Gasteiger partial charge in [-0.05, 0) is 200 Å². The molecule has 24 rings (SSSR count). The van der Waals surface area contributed by atoms with Crippen molar-refractivity contribution in [2.24, 2.45) is 0 Å². The summed E-state index contributed by atoms with van der Waals surface area (Å²) in [6, 6.07) is 156. The van der Waals surface area contributed by atoms with Gasteiger partial charge in [0.1, 0.15) is 0 Å². The van der Waals surface area contributed by atoms with Crippen LogP contribution in [0.25, 0.3) is 232 Å². The van der Waals surface area contributed by atoms with E-state index < -0.39 is 0 Å². The fourth-order valence-corrected chi connectivity index (χ4v) is 18.0. The van der Waals surface area contributed by atoms with Crippen LogP contribution in [0.4, 0.5) is 0 Å². The number of hydrogen-bond acceptors (Lipinski definition) is 6. The summed E-state index contributed by atoms with van der Waals surface area (Å²) in [5.74, 6) is 3.84. The maximum atomic E-state index is 5.04. The topological polar surface area (TPSA) is 87.2 Å². The average molecular weight is 1550 g/mol. The maximum absolute atomic E-state index is 5.04. The van der Waals surface area contributed by atoms with Crippen molar-refractivity contribution < 1.29 is 0 Å². The number of benzene rings is 20. The molecule has 0 saturated carbocycles. The Morgan fingerprint density at radius 1 is 0.139 bits per heavy atom. The van der Waals surface area contributed by atoms with Crippen molar-refractivity contribution in [3.63, 3.8) is 0 Å². The predicted molar refractivity (Wildman–Crippen MR) is 508 cm³/mol. The highest BCUT2D eigenvalue weighted by molar-refractivity contribution is 6.23. The molecular weight excluding hydrogens is 1480 g/mol. The van der Waals surface area contributed by atoms with Crippen LogP contribution in [0.2, 0.25) is 0 Å². The van der Waals surface area contributed by atoms with Gasteiger partial charge in [-0.15, -0.1) is 0 Å². The van der Waals surface area contributed by atoms with Gasteiger partial charge in [0, 0.05) is 66.3 Å². The molecular formula is C114H72N8. The molecule has 0 aliphatic rings. The lowest BCUT2D eigenvalue weighted by atomic mass is 9.94. The molecule has 0 unspecified atom stereocenters. The van der Waals surface area contributed by atoms with Gasteiger partial charge in [-0.3, -0.25) is 0 Å². The van der Waals surface area contributed by atoms with E-state index in [4.69, 9.17) is 29.9 Å². The first-order valence-electron chi connectivity index (χ1n) is 41.4. The van der Waals surface area contributed by atoms with Crippen LogP contribution in [0, 0.1) is 0 Å². The van der Waals surface area contributed by atoms with Gasteiger partial charge in [-0.25, -0.2) is 29.9 Å². The number of nitrogens with zero attached hydrogens (tertiary/aromatic N) is 8. The van der Waals surface area contributed by atoms with Crippen molar-refractivity contribution in [1.82, 2.24) is 39.0 Å². The predicted octanol–water partition coefficient (Wildman–Crippen LogP) is 29.5. The number of hydrogen-bond donors (Lipinski definition) is 0. The molecule has 4 aromatic heterocycles. The van der Waals surface area contributed by atoms with Crippen LogP contribution >= 0.6 is 0 Å². The molecule has 0 radical (unpaired) electrons. The minimum atomic E-state index is 0.630. The van der Waals surface area contributed by atoms with E-state index >= 15 is 0 Å². The van der Waals surface area contributed by atoms with Gasteiger partial charge in [0.15, 0.2) is 34.9 Å². The normalized spacial score (nSPS) is 11.6. The molecule has 568 valence electrons. The standard InChI is InChI=1S/2C57H36N4/c1-3-14-39(15-4-1)55-58-56(40-16-5-2-6-17-40)60-57(59-55)46-19-11-20-47(35-46)61-52-24-10-9-22-50(52)54-51-36-44(26-25-38(51)31-32-53(54)61)42-27-28-43-34-45(30-29-41(43)33-42)49-23-12-18-37-13-7-8-21-48(37)49;1-3-13-39(14-4-1)55-58-56(40-15-5-2-6-16-40)60-57(59-55)48-18-11-19-49(35-48)61-52-21-10-9-20-50(52)54-51-36-47(25-23-38(51)30-31-53(54)61)46-29-28-44-33-43(26-27-45(44)34-46)42-24-22-37-12-7-8-17-41(37)32-42/h2*1-36H. The monoisotopic (exact) mass is 1550 g/mol. The number of rotatable bonds is 12. The number of aromatic nitrogens is 8. The third-order valence-corrected chi connectivity index (χ3v) is 24.0. The molecule has 8 nitrogen and oxygen atoms in total. The highest BCUT2D eigenvalue weighted by Gasteiger charge is 2.22. The third-order valence-electron chi connectivity index (χ3n) is 24.0. The summed E-state index contributed by atoms with van der Waals surface area (Å²) in [6.45, 7) is 0. The fraction of sp³-hybridized carbons (Fsp3) is 0. The van der Waals surface area contributed by atoms with Crippen molar-refractivity contribution in [3.8, 4) is 124 Å². The van der Waals surface area contributed by atoms with Gasteiger partial charge in [-0.1, -0.05) is 346 Å². The molecule has 0 saturated heterocycles. The molecule has 4 heterocycles. The third kappa shape index (κ3) is 12.9. The van der Waals surface area contributed by atoms with Crippen molar-refractivity contribution in [3.05, 3.63) is 437 Å². The van der Waals surface area contributed by atoms with Gasteiger partial charge in [0.25, 0.3) is 0 Å². The zero-order valence-corrected chi connectivity index (χ0v) is 66.1.